The summed E-state index contributed by atoms with van der Waals surface area (Å²) in [5, 5.41) is 9.78. The maximum absolute atomic E-state index is 14.9. The van der Waals surface area contributed by atoms with Gasteiger partial charge in [-0.15, -0.1) is 0 Å². The van der Waals surface area contributed by atoms with Gasteiger partial charge in [-0.25, -0.2) is 17.6 Å². The fourth-order valence-electron chi connectivity index (χ4n) is 6.06. The highest BCUT2D eigenvalue weighted by Crippen LogP contribution is 2.41. The smallest absolute Gasteiger partial charge is 0.165 e. The molecule has 3 fully saturated rings. The standard InChI is InChI=1S/C29H34F4O3/c1-16(34)17-2-4-18(5-3-17)22-11-8-20(26(30)27(22)31)14-35-21-9-6-19(7-10-21)23-12-13-24(25-15-36-25)29(33)28(23)32/h8,11-13,16-19,21,25,34H,2-7,9-10,14-15H2,1H3. The second-order valence-electron chi connectivity index (χ2n) is 10.8. The molecular formula is C29H34F4O3. The van der Waals surface area contributed by atoms with E-state index in [4.69, 9.17) is 9.47 Å². The van der Waals surface area contributed by atoms with Gasteiger partial charge in [0.05, 0.1) is 25.4 Å². The third-order valence-corrected chi connectivity index (χ3v) is 8.50. The van der Waals surface area contributed by atoms with Crippen LogP contribution in [-0.4, -0.2) is 23.9 Å². The minimum atomic E-state index is -0.851. The zero-order valence-electron chi connectivity index (χ0n) is 20.6. The average molecular weight is 507 g/mol. The predicted molar refractivity (Wildman–Crippen MR) is 128 cm³/mol. The van der Waals surface area contributed by atoms with Crippen molar-refractivity contribution in [3.05, 3.63) is 69.8 Å². The van der Waals surface area contributed by atoms with Crippen LogP contribution in [0.4, 0.5) is 17.6 Å². The second-order valence-corrected chi connectivity index (χ2v) is 10.8. The van der Waals surface area contributed by atoms with E-state index in [1.807, 2.05) is 0 Å². The van der Waals surface area contributed by atoms with Crippen molar-refractivity contribution in [3.8, 4) is 0 Å². The van der Waals surface area contributed by atoms with Crippen LogP contribution >= 0.6 is 0 Å². The van der Waals surface area contributed by atoms with Crippen molar-refractivity contribution < 1.29 is 32.1 Å². The Morgan fingerprint density at radius 3 is 1.86 bits per heavy atom. The maximum Gasteiger partial charge on any atom is 0.165 e. The van der Waals surface area contributed by atoms with Crippen molar-refractivity contribution >= 4 is 0 Å². The SMILES string of the molecule is CC(O)C1CCC(c2ccc(COC3CCC(c4ccc(C5CO5)c(F)c4F)CC3)c(F)c2F)CC1. The van der Waals surface area contributed by atoms with Gasteiger partial charge in [0.15, 0.2) is 23.3 Å². The maximum atomic E-state index is 14.9. The molecule has 2 unspecified atom stereocenters. The molecule has 1 heterocycles. The topological polar surface area (TPSA) is 42.0 Å². The third kappa shape index (κ3) is 5.34. The molecular weight excluding hydrogens is 472 g/mol. The summed E-state index contributed by atoms with van der Waals surface area (Å²) in [6.45, 7) is 2.19. The number of aliphatic hydroxyl groups excluding tert-OH is 1. The van der Waals surface area contributed by atoms with Crippen LogP contribution < -0.4 is 0 Å². The first-order valence-electron chi connectivity index (χ1n) is 13.2. The summed E-state index contributed by atoms with van der Waals surface area (Å²) >= 11 is 0. The Balaban J connectivity index is 1.15. The van der Waals surface area contributed by atoms with E-state index in [0.29, 0.717) is 43.4 Å². The molecule has 2 saturated carbocycles. The monoisotopic (exact) mass is 506 g/mol. The minimum absolute atomic E-state index is 0.0216. The predicted octanol–water partition coefficient (Wildman–Crippen LogP) is 7.21. The van der Waals surface area contributed by atoms with Gasteiger partial charge in [-0.3, -0.25) is 0 Å². The molecule has 196 valence electrons. The van der Waals surface area contributed by atoms with E-state index < -0.39 is 23.3 Å². The molecule has 5 rings (SSSR count). The van der Waals surface area contributed by atoms with Crippen molar-refractivity contribution in [2.75, 3.05) is 6.61 Å². The largest absolute Gasteiger partial charge is 0.393 e. The van der Waals surface area contributed by atoms with Crippen molar-refractivity contribution in [1.29, 1.82) is 0 Å². The van der Waals surface area contributed by atoms with Crippen molar-refractivity contribution in [2.45, 2.75) is 95.0 Å². The fourth-order valence-corrected chi connectivity index (χ4v) is 6.06. The molecule has 0 bridgehead atoms. The Morgan fingerprint density at radius 1 is 0.778 bits per heavy atom. The van der Waals surface area contributed by atoms with Gasteiger partial charge in [-0.05, 0) is 87.2 Å². The van der Waals surface area contributed by atoms with Gasteiger partial charge in [0, 0.05) is 11.1 Å². The molecule has 1 N–H and O–H groups in total. The fraction of sp³-hybridized carbons (Fsp3) is 0.586. The lowest BCUT2D eigenvalue weighted by atomic mass is 9.76. The van der Waals surface area contributed by atoms with Gasteiger partial charge in [0.2, 0.25) is 0 Å². The Kier molecular flexibility index (Phi) is 7.70. The molecule has 2 aromatic carbocycles. The molecule has 1 saturated heterocycles. The van der Waals surface area contributed by atoms with Gasteiger partial charge in [0.1, 0.15) is 6.10 Å². The Labute approximate surface area is 209 Å². The minimum Gasteiger partial charge on any atom is -0.393 e. The number of aliphatic hydroxyl groups is 1. The summed E-state index contributed by atoms with van der Waals surface area (Å²) < 4.78 is 69.8. The van der Waals surface area contributed by atoms with E-state index in [1.165, 1.54) is 0 Å². The number of epoxide rings is 1. The molecule has 7 heteroatoms. The molecule has 1 aliphatic heterocycles. The molecule has 0 spiro atoms. The number of ether oxygens (including phenoxy) is 2. The number of hydrogen-bond donors (Lipinski definition) is 1. The van der Waals surface area contributed by atoms with E-state index in [1.54, 1.807) is 31.2 Å². The van der Waals surface area contributed by atoms with Crippen LogP contribution in [0.2, 0.25) is 0 Å². The van der Waals surface area contributed by atoms with Crippen molar-refractivity contribution in [3.63, 3.8) is 0 Å². The van der Waals surface area contributed by atoms with Crippen molar-refractivity contribution in [2.24, 2.45) is 5.92 Å². The lowest BCUT2D eigenvalue weighted by Crippen LogP contribution is -2.23. The number of halogens is 4. The van der Waals surface area contributed by atoms with Gasteiger partial charge in [-0.1, -0.05) is 24.3 Å². The molecule has 0 aromatic heterocycles. The van der Waals surface area contributed by atoms with Gasteiger partial charge in [0.25, 0.3) is 0 Å². The summed E-state index contributed by atoms with van der Waals surface area (Å²) in [6, 6.07) is 6.57. The summed E-state index contributed by atoms with van der Waals surface area (Å²) in [4.78, 5) is 0. The summed E-state index contributed by atoms with van der Waals surface area (Å²) in [5.74, 6) is -3.14. The van der Waals surface area contributed by atoms with Gasteiger partial charge in [-0.2, -0.15) is 0 Å². The molecule has 0 radical (unpaired) electrons. The zero-order valence-corrected chi connectivity index (χ0v) is 20.6. The Hall–Kier alpha value is -1.96. The van der Waals surface area contributed by atoms with Crippen LogP contribution in [0.25, 0.3) is 0 Å². The van der Waals surface area contributed by atoms with Crippen LogP contribution in [0.15, 0.2) is 24.3 Å². The van der Waals surface area contributed by atoms with Gasteiger partial charge < -0.3 is 14.6 Å². The summed E-state index contributed by atoms with van der Waals surface area (Å²) in [6.07, 6.45) is 4.86. The van der Waals surface area contributed by atoms with Crippen molar-refractivity contribution in [1.82, 2.24) is 0 Å². The van der Waals surface area contributed by atoms with Crippen LogP contribution in [0.3, 0.4) is 0 Å². The lowest BCUT2D eigenvalue weighted by molar-refractivity contribution is 0.0116. The van der Waals surface area contributed by atoms with E-state index >= 15 is 0 Å². The first-order valence-corrected chi connectivity index (χ1v) is 13.2. The second kappa shape index (κ2) is 10.8. The molecule has 2 aromatic rings. The normalized spacial score (nSPS) is 29.2. The van der Waals surface area contributed by atoms with Gasteiger partial charge >= 0.3 is 0 Å². The number of hydrogen-bond acceptors (Lipinski definition) is 3. The Bertz CT molecular complexity index is 1070. The average Bonchev–Trinajstić information content (AvgIpc) is 3.72. The highest BCUT2D eigenvalue weighted by molar-refractivity contribution is 5.32. The van der Waals surface area contributed by atoms with Crippen LogP contribution in [0.5, 0.6) is 0 Å². The molecule has 3 aliphatic rings. The Morgan fingerprint density at radius 2 is 1.28 bits per heavy atom. The molecule has 36 heavy (non-hydrogen) atoms. The highest BCUT2D eigenvalue weighted by Gasteiger charge is 2.33. The van der Waals surface area contributed by atoms with E-state index in [0.717, 1.165) is 25.7 Å². The van der Waals surface area contributed by atoms with Crippen LogP contribution in [0, 0.1) is 29.2 Å². The molecule has 2 aliphatic carbocycles. The summed E-state index contributed by atoms with van der Waals surface area (Å²) in [7, 11) is 0. The van der Waals surface area contributed by atoms with Crippen LogP contribution in [0.1, 0.15) is 98.5 Å². The number of rotatable bonds is 7. The van der Waals surface area contributed by atoms with E-state index in [9.17, 15) is 22.7 Å². The van der Waals surface area contributed by atoms with E-state index in [2.05, 4.69) is 0 Å². The molecule has 2 atom stereocenters. The number of benzene rings is 2. The summed E-state index contributed by atoms with van der Waals surface area (Å²) in [5.41, 5.74) is 1.28. The first kappa shape index (κ1) is 25.7. The zero-order chi connectivity index (χ0) is 25.4. The highest BCUT2D eigenvalue weighted by atomic mass is 19.2. The molecule has 0 amide bonds. The third-order valence-electron chi connectivity index (χ3n) is 8.50. The van der Waals surface area contributed by atoms with E-state index in [-0.39, 0.29) is 53.8 Å². The molecule has 3 nitrogen and oxygen atoms in total. The lowest BCUT2D eigenvalue weighted by Gasteiger charge is -2.31. The quantitative estimate of drug-likeness (QED) is 0.319. The van der Waals surface area contributed by atoms with Crippen LogP contribution in [-0.2, 0) is 16.1 Å². The first-order chi connectivity index (χ1) is 17.3.